The van der Waals surface area contributed by atoms with Crippen LogP contribution in [-0.4, -0.2) is 18.3 Å². The van der Waals surface area contributed by atoms with Gasteiger partial charge in [-0.05, 0) is 37.1 Å². The SMILES string of the molecule is CCCNC1(C(F)(F)F)CCCCC1C(C)(C)C. The van der Waals surface area contributed by atoms with E-state index in [-0.39, 0.29) is 17.8 Å². The van der Waals surface area contributed by atoms with Crippen LogP contribution in [0.4, 0.5) is 13.2 Å². The molecular weight excluding hydrogens is 239 g/mol. The van der Waals surface area contributed by atoms with E-state index >= 15 is 0 Å². The molecule has 1 rings (SSSR count). The second-order valence-corrected chi connectivity index (χ2v) is 6.56. The predicted molar refractivity (Wildman–Crippen MR) is 68.5 cm³/mol. The highest BCUT2D eigenvalue weighted by molar-refractivity contribution is 5.06. The Morgan fingerprint density at radius 2 is 1.78 bits per heavy atom. The summed E-state index contributed by atoms with van der Waals surface area (Å²) in [7, 11) is 0. The highest BCUT2D eigenvalue weighted by Crippen LogP contribution is 2.51. The molecule has 1 fully saturated rings. The fraction of sp³-hybridized carbons (Fsp3) is 1.00. The molecule has 108 valence electrons. The zero-order valence-electron chi connectivity index (χ0n) is 12.0. The first-order valence-corrected chi connectivity index (χ1v) is 6.97. The quantitative estimate of drug-likeness (QED) is 0.791. The maximum absolute atomic E-state index is 13.6. The lowest BCUT2D eigenvalue weighted by Gasteiger charge is -2.51. The fourth-order valence-corrected chi connectivity index (χ4v) is 3.34. The van der Waals surface area contributed by atoms with Gasteiger partial charge in [-0.25, -0.2) is 0 Å². The molecule has 0 radical (unpaired) electrons. The average molecular weight is 265 g/mol. The van der Waals surface area contributed by atoms with Crippen molar-refractivity contribution >= 4 is 0 Å². The van der Waals surface area contributed by atoms with Crippen LogP contribution in [-0.2, 0) is 0 Å². The number of rotatable bonds is 3. The Balaban J connectivity index is 3.10. The number of alkyl halides is 3. The largest absolute Gasteiger partial charge is 0.406 e. The summed E-state index contributed by atoms with van der Waals surface area (Å²) in [6.07, 6.45) is -0.968. The predicted octanol–water partition coefficient (Wildman–Crippen LogP) is 4.52. The minimum absolute atomic E-state index is 0.221. The van der Waals surface area contributed by atoms with Gasteiger partial charge in [0.05, 0.1) is 0 Å². The molecule has 4 heteroatoms. The Kier molecular flexibility index (Phi) is 4.74. The highest BCUT2D eigenvalue weighted by Gasteiger charge is 2.61. The van der Waals surface area contributed by atoms with Gasteiger partial charge in [0.15, 0.2) is 0 Å². The van der Waals surface area contributed by atoms with Crippen LogP contribution in [0.3, 0.4) is 0 Å². The molecular formula is C14H26F3N. The normalized spacial score (nSPS) is 30.5. The average Bonchev–Trinajstić information content (AvgIpc) is 2.24. The van der Waals surface area contributed by atoms with Gasteiger partial charge in [-0.1, -0.05) is 40.5 Å². The lowest BCUT2D eigenvalue weighted by atomic mass is 9.61. The molecule has 0 heterocycles. The van der Waals surface area contributed by atoms with Crippen molar-refractivity contribution in [3.05, 3.63) is 0 Å². The zero-order chi connectivity index (χ0) is 14.0. The minimum atomic E-state index is -4.17. The third-order valence-electron chi connectivity index (χ3n) is 4.15. The molecule has 0 bridgehead atoms. The lowest BCUT2D eigenvalue weighted by molar-refractivity contribution is -0.232. The van der Waals surface area contributed by atoms with E-state index in [4.69, 9.17) is 0 Å². The fourth-order valence-electron chi connectivity index (χ4n) is 3.34. The van der Waals surface area contributed by atoms with Crippen molar-refractivity contribution in [2.24, 2.45) is 11.3 Å². The molecule has 0 amide bonds. The summed E-state index contributed by atoms with van der Waals surface area (Å²) >= 11 is 0. The van der Waals surface area contributed by atoms with E-state index in [2.05, 4.69) is 5.32 Å². The van der Waals surface area contributed by atoms with Crippen molar-refractivity contribution in [3.63, 3.8) is 0 Å². The smallest absolute Gasteiger partial charge is 0.303 e. The van der Waals surface area contributed by atoms with E-state index in [1.807, 2.05) is 27.7 Å². The maximum Gasteiger partial charge on any atom is 0.406 e. The molecule has 2 atom stereocenters. The molecule has 0 aromatic rings. The van der Waals surface area contributed by atoms with E-state index in [1.54, 1.807) is 0 Å². The Labute approximate surface area is 109 Å². The lowest BCUT2D eigenvalue weighted by Crippen LogP contribution is -2.65. The van der Waals surface area contributed by atoms with Crippen molar-refractivity contribution in [1.29, 1.82) is 0 Å². The van der Waals surface area contributed by atoms with E-state index in [9.17, 15) is 13.2 Å². The summed E-state index contributed by atoms with van der Waals surface area (Å²) in [5.74, 6) is -0.342. The summed E-state index contributed by atoms with van der Waals surface area (Å²) < 4.78 is 40.9. The first kappa shape index (κ1) is 15.8. The molecule has 0 spiro atoms. The minimum Gasteiger partial charge on any atom is -0.303 e. The summed E-state index contributed by atoms with van der Waals surface area (Å²) in [5, 5.41) is 2.86. The second-order valence-electron chi connectivity index (χ2n) is 6.56. The van der Waals surface area contributed by atoms with Gasteiger partial charge in [-0.15, -0.1) is 0 Å². The topological polar surface area (TPSA) is 12.0 Å². The van der Waals surface area contributed by atoms with E-state index in [0.29, 0.717) is 19.4 Å². The van der Waals surface area contributed by atoms with Gasteiger partial charge in [0.1, 0.15) is 5.54 Å². The molecule has 0 aliphatic heterocycles. The second kappa shape index (κ2) is 5.40. The van der Waals surface area contributed by atoms with Gasteiger partial charge >= 0.3 is 6.18 Å². The molecule has 1 aliphatic rings. The number of nitrogens with one attached hydrogen (secondary N) is 1. The number of hydrogen-bond donors (Lipinski definition) is 1. The van der Waals surface area contributed by atoms with Gasteiger partial charge in [-0.2, -0.15) is 13.2 Å². The summed E-state index contributed by atoms with van der Waals surface area (Å²) in [4.78, 5) is 0. The first-order valence-electron chi connectivity index (χ1n) is 6.97. The number of halogens is 3. The third kappa shape index (κ3) is 3.01. The Morgan fingerprint density at radius 3 is 2.22 bits per heavy atom. The van der Waals surface area contributed by atoms with Crippen LogP contribution in [0.1, 0.15) is 59.8 Å². The van der Waals surface area contributed by atoms with Crippen molar-refractivity contribution in [2.75, 3.05) is 6.54 Å². The summed E-state index contributed by atoms with van der Waals surface area (Å²) in [5.41, 5.74) is -2.00. The highest BCUT2D eigenvalue weighted by atomic mass is 19.4. The van der Waals surface area contributed by atoms with Crippen LogP contribution in [0, 0.1) is 11.3 Å². The maximum atomic E-state index is 13.6. The standard InChI is InChI=1S/C14H26F3N/c1-5-10-18-13(14(15,16)17)9-7-6-8-11(13)12(2,3)4/h11,18H,5-10H2,1-4H3. The van der Waals surface area contributed by atoms with E-state index < -0.39 is 11.7 Å². The summed E-state index contributed by atoms with van der Waals surface area (Å²) in [6.45, 7) is 8.13. The molecule has 1 nitrogen and oxygen atoms in total. The van der Waals surface area contributed by atoms with Crippen molar-refractivity contribution in [1.82, 2.24) is 5.32 Å². The molecule has 1 N–H and O–H groups in total. The molecule has 2 unspecified atom stereocenters. The van der Waals surface area contributed by atoms with Crippen molar-refractivity contribution in [2.45, 2.75) is 71.5 Å². The van der Waals surface area contributed by atoms with Gasteiger partial charge in [0.25, 0.3) is 0 Å². The van der Waals surface area contributed by atoms with Crippen molar-refractivity contribution in [3.8, 4) is 0 Å². The van der Waals surface area contributed by atoms with Crippen LogP contribution >= 0.6 is 0 Å². The van der Waals surface area contributed by atoms with E-state index in [0.717, 1.165) is 12.8 Å². The third-order valence-corrected chi connectivity index (χ3v) is 4.15. The van der Waals surface area contributed by atoms with Crippen LogP contribution in [0.5, 0.6) is 0 Å². The Morgan fingerprint density at radius 1 is 1.17 bits per heavy atom. The van der Waals surface area contributed by atoms with Crippen LogP contribution < -0.4 is 5.32 Å². The first-order chi connectivity index (χ1) is 8.15. The Hall–Kier alpha value is -0.250. The van der Waals surface area contributed by atoms with Gasteiger partial charge in [0.2, 0.25) is 0 Å². The van der Waals surface area contributed by atoms with Crippen LogP contribution in [0.2, 0.25) is 0 Å². The monoisotopic (exact) mass is 265 g/mol. The number of hydrogen-bond acceptors (Lipinski definition) is 1. The van der Waals surface area contributed by atoms with Gasteiger partial charge < -0.3 is 5.32 Å². The van der Waals surface area contributed by atoms with Gasteiger partial charge in [0, 0.05) is 0 Å². The molecule has 0 aromatic heterocycles. The molecule has 1 saturated carbocycles. The Bertz CT molecular complexity index is 267. The molecule has 0 saturated heterocycles. The molecule has 1 aliphatic carbocycles. The molecule has 18 heavy (non-hydrogen) atoms. The van der Waals surface area contributed by atoms with E-state index in [1.165, 1.54) is 0 Å². The van der Waals surface area contributed by atoms with Crippen LogP contribution in [0.15, 0.2) is 0 Å². The molecule has 0 aromatic carbocycles. The van der Waals surface area contributed by atoms with Crippen molar-refractivity contribution < 1.29 is 13.2 Å². The summed E-state index contributed by atoms with van der Waals surface area (Å²) in [6, 6.07) is 0. The zero-order valence-corrected chi connectivity index (χ0v) is 12.0. The van der Waals surface area contributed by atoms with Crippen LogP contribution in [0.25, 0.3) is 0 Å². The van der Waals surface area contributed by atoms with Gasteiger partial charge in [-0.3, -0.25) is 0 Å².